The maximum atomic E-state index is 10.9. The lowest BCUT2D eigenvalue weighted by atomic mass is 9.66. The lowest BCUT2D eigenvalue weighted by Gasteiger charge is -2.47. The van der Waals surface area contributed by atoms with E-state index in [4.69, 9.17) is 4.74 Å². The molecule has 3 nitrogen and oxygen atoms in total. The van der Waals surface area contributed by atoms with Crippen molar-refractivity contribution in [3.63, 3.8) is 0 Å². The van der Waals surface area contributed by atoms with Crippen LogP contribution in [0.1, 0.15) is 83.8 Å². The maximum Gasteiger partial charge on any atom is 0.127 e. The summed E-state index contributed by atoms with van der Waals surface area (Å²) in [4.78, 5) is 0. The predicted octanol–water partition coefficient (Wildman–Crippen LogP) is 5.44. The molecule has 1 aromatic carbocycles. The summed E-state index contributed by atoms with van der Waals surface area (Å²) in [6.45, 7) is 11.1. The summed E-state index contributed by atoms with van der Waals surface area (Å²) in [5.41, 5.74) is 2.87. The van der Waals surface area contributed by atoms with Crippen LogP contribution in [0.2, 0.25) is 0 Å². The number of aromatic hydroxyl groups is 1. The largest absolute Gasteiger partial charge is 0.508 e. The molecule has 2 N–H and O–H groups in total. The van der Waals surface area contributed by atoms with E-state index in [-0.39, 0.29) is 23.5 Å². The van der Waals surface area contributed by atoms with Gasteiger partial charge >= 0.3 is 0 Å². The molecule has 1 aliphatic heterocycles. The standard InChI is InChI=1S/C23H34O3/c1-6-7-10-22(2,3)16-12-19(25)21-17-11-15(14-24)8-9-18(17)23(4,5)26-20(21)13-16/h8,12-13,17-18,24-25H,6-7,9-11,14H2,1-5H3/t17-,18+/m0/s1. The molecule has 0 saturated heterocycles. The SMILES string of the molecule is CCCCC(C)(C)c1cc(O)c2c(c1)OC(C)(C)[C@@H]1CC=C(CO)C[C@H]21. The highest BCUT2D eigenvalue weighted by atomic mass is 16.5. The minimum Gasteiger partial charge on any atom is -0.508 e. The molecule has 1 aliphatic carbocycles. The monoisotopic (exact) mass is 358 g/mol. The van der Waals surface area contributed by atoms with Crippen molar-refractivity contribution in [2.24, 2.45) is 5.92 Å². The van der Waals surface area contributed by atoms with Crippen molar-refractivity contribution in [2.45, 2.75) is 83.7 Å². The van der Waals surface area contributed by atoms with E-state index in [1.807, 2.05) is 6.07 Å². The smallest absolute Gasteiger partial charge is 0.127 e. The second kappa shape index (κ2) is 6.92. The number of rotatable bonds is 5. The molecule has 0 amide bonds. The summed E-state index contributed by atoms with van der Waals surface area (Å²) in [7, 11) is 0. The molecule has 0 aromatic heterocycles. The number of aliphatic hydroxyl groups is 1. The highest BCUT2D eigenvalue weighted by Crippen LogP contribution is 2.54. The van der Waals surface area contributed by atoms with E-state index < -0.39 is 0 Å². The molecule has 0 bridgehead atoms. The summed E-state index contributed by atoms with van der Waals surface area (Å²) in [5.74, 6) is 1.70. The minimum atomic E-state index is -0.284. The van der Waals surface area contributed by atoms with Crippen LogP contribution in [0.3, 0.4) is 0 Å². The molecule has 144 valence electrons. The van der Waals surface area contributed by atoms with Crippen molar-refractivity contribution in [3.8, 4) is 11.5 Å². The first kappa shape index (κ1) is 19.3. The average molecular weight is 359 g/mol. The van der Waals surface area contributed by atoms with Gasteiger partial charge in [-0.3, -0.25) is 0 Å². The Morgan fingerprint density at radius 2 is 2.00 bits per heavy atom. The Hall–Kier alpha value is -1.48. The van der Waals surface area contributed by atoms with Crippen molar-refractivity contribution in [3.05, 3.63) is 34.9 Å². The van der Waals surface area contributed by atoms with Gasteiger partial charge in [0.2, 0.25) is 0 Å². The van der Waals surface area contributed by atoms with E-state index in [2.05, 4.69) is 46.8 Å². The maximum absolute atomic E-state index is 10.9. The van der Waals surface area contributed by atoms with Crippen LogP contribution in [0.5, 0.6) is 11.5 Å². The molecule has 1 heterocycles. The zero-order chi connectivity index (χ0) is 19.1. The Bertz CT molecular complexity index is 700. The number of ether oxygens (including phenoxy) is 1. The first-order chi connectivity index (χ1) is 12.2. The lowest BCUT2D eigenvalue weighted by molar-refractivity contribution is 0.00662. The Morgan fingerprint density at radius 3 is 2.65 bits per heavy atom. The third-order valence-electron chi connectivity index (χ3n) is 6.53. The molecule has 2 atom stereocenters. The van der Waals surface area contributed by atoms with E-state index in [9.17, 15) is 10.2 Å². The van der Waals surface area contributed by atoms with Crippen LogP contribution in [0.4, 0.5) is 0 Å². The van der Waals surface area contributed by atoms with E-state index in [0.717, 1.165) is 41.7 Å². The number of hydrogen-bond donors (Lipinski definition) is 2. The molecule has 1 aromatic rings. The third kappa shape index (κ3) is 3.38. The zero-order valence-electron chi connectivity index (χ0n) is 16.9. The summed E-state index contributed by atoms with van der Waals surface area (Å²) in [6, 6.07) is 4.10. The van der Waals surface area contributed by atoms with Crippen LogP contribution in [-0.4, -0.2) is 22.4 Å². The fraction of sp³-hybridized carbons (Fsp3) is 0.652. The van der Waals surface area contributed by atoms with Crippen LogP contribution in [0, 0.1) is 5.92 Å². The highest BCUT2D eigenvalue weighted by Gasteiger charge is 2.46. The Morgan fingerprint density at radius 1 is 1.27 bits per heavy atom. The van der Waals surface area contributed by atoms with Gasteiger partial charge < -0.3 is 14.9 Å². The molecule has 0 radical (unpaired) electrons. The van der Waals surface area contributed by atoms with Crippen molar-refractivity contribution < 1.29 is 14.9 Å². The van der Waals surface area contributed by atoms with Gasteiger partial charge in [0.15, 0.2) is 0 Å². The molecule has 0 fully saturated rings. The van der Waals surface area contributed by atoms with Crippen molar-refractivity contribution in [1.82, 2.24) is 0 Å². The fourth-order valence-electron chi connectivity index (χ4n) is 4.75. The summed E-state index contributed by atoms with van der Waals surface area (Å²) >= 11 is 0. The second-order valence-electron chi connectivity index (χ2n) is 9.27. The van der Waals surface area contributed by atoms with Crippen LogP contribution in [0.15, 0.2) is 23.8 Å². The van der Waals surface area contributed by atoms with E-state index in [1.165, 1.54) is 12.8 Å². The number of allylic oxidation sites excluding steroid dienone is 1. The van der Waals surface area contributed by atoms with Gasteiger partial charge in [-0.1, -0.05) is 39.7 Å². The van der Waals surface area contributed by atoms with Gasteiger partial charge in [0.1, 0.15) is 17.1 Å². The molecule has 0 saturated carbocycles. The molecule has 3 heteroatoms. The minimum absolute atomic E-state index is 0.00952. The Labute approximate surface area is 158 Å². The molecular weight excluding hydrogens is 324 g/mol. The average Bonchev–Trinajstić information content (AvgIpc) is 2.58. The van der Waals surface area contributed by atoms with Gasteiger partial charge in [-0.05, 0) is 61.8 Å². The third-order valence-corrected chi connectivity index (χ3v) is 6.53. The van der Waals surface area contributed by atoms with Gasteiger partial charge in [0, 0.05) is 17.4 Å². The first-order valence-electron chi connectivity index (χ1n) is 10.0. The quantitative estimate of drug-likeness (QED) is 0.689. The predicted molar refractivity (Wildman–Crippen MR) is 106 cm³/mol. The van der Waals surface area contributed by atoms with Gasteiger partial charge in [-0.25, -0.2) is 0 Å². The number of phenolic OH excluding ortho intramolecular Hbond substituents is 1. The van der Waals surface area contributed by atoms with Crippen molar-refractivity contribution >= 4 is 0 Å². The van der Waals surface area contributed by atoms with Crippen LogP contribution in [0.25, 0.3) is 0 Å². The van der Waals surface area contributed by atoms with Gasteiger partial charge in [-0.2, -0.15) is 0 Å². The first-order valence-corrected chi connectivity index (χ1v) is 10.0. The Kier molecular flexibility index (Phi) is 5.13. The molecule has 0 spiro atoms. The van der Waals surface area contributed by atoms with Crippen molar-refractivity contribution in [2.75, 3.05) is 6.61 Å². The zero-order valence-corrected chi connectivity index (χ0v) is 16.9. The second-order valence-corrected chi connectivity index (χ2v) is 9.27. The van der Waals surface area contributed by atoms with Gasteiger partial charge in [0.25, 0.3) is 0 Å². The number of hydrogen-bond acceptors (Lipinski definition) is 3. The number of aliphatic hydroxyl groups excluding tert-OH is 1. The van der Waals surface area contributed by atoms with Crippen LogP contribution < -0.4 is 4.74 Å². The highest BCUT2D eigenvalue weighted by molar-refractivity contribution is 5.54. The number of benzene rings is 1. The van der Waals surface area contributed by atoms with Crippen LogP contribution in [-0.2, 0) is 5.41 Å². The molecular formula is C23H34O3. The lowest BCUT2D eigenvalue weighted by Crippen LogP contribution is -2.45. The van der Waals surface area contributed by atoms with E-state index in [1.54, 1.807) is 0 Å². The number of unbranched alkanes of at least 4 members (excludes halogenated alkanes) is 1. The topological polar surface area (TPSA) is 49.7 Å². The summed E-state index contributed by atoms with van der Waals surface area (Å²) in [6.07, 6.45) is 7.27. The van der Waals surface area contributed by atoms with Crippen molar-refractivity contribution in [1.29, 1.82) is 0 Å². The Balaban J connectivity index is 2.04. The van der Waals surface area contributed by atoms with E-state index >= 15 is 0 Å². The van der Waals surface area contributed by atoms with E-state index in [0.29, 0.717) is 11.7 Å². The fourth-order valence-corrected chi connectivity index (χ4v) is 4.75. The number of fused-ring (bicyclic) bond motifs is 3. The molecule has 26 heavy (non-hydrogen) atoms. The van der Waals surface area contributed by atoms with Gasteiger partial charge in [0.05, 0.1) is 6.61 Å². The normalized spacial score (nSPS) is 24.3. The molecule has 0 unspecified atom stereocenters. The molecule has 2 aliphatic rings. The van der Waals surface area contributed by atoms with Crippen LogP contribution >= 0.6 is 0 Å². The molecule has 3 rings (SSSR count). The number of phenols is 1. The summed E-state index contributed by atoms with van der Waals surface area (Å²) < 4.78 is 6.43. The summed E-state index contributed by atoms with van der Waals surface area (Å²) in [5, 5.41) is 20.5. The van der Waals surface area contributed by atoms with Gasteiger partial charge in [-0.15, -0.1) is 0 Å².